The lowest BCUT2D eigenvalue weighted by Crippen LogP contribution is -2.56. The van der Waals surface area contributed by atoms with Gasteiger partial charge in [0.25, 0.3) is 0 Å². The first kappa shape index (κ1) is 20.9. The van der Waals surface area contributed by atoms with Crippen molar-refractivity contribution in [2.24, 2.45) is 0 Å². The Bertz CT molecular complexity index is 1180. The van der Waals surface area contributed by atoms with Gasteiger partial charge in [-0.3, -0.25) is 9.80 Å². The average molecular weight is 432 g/mol. The van der Waals surface area contributed by atoms with Gasteiger partial charge in [-0.25, -0.2) is 9.64 Å². The number of hydrogen-bond donors (Lipinski definition) is 1. The molecular formula is C25H22ClN3O2. The summed E-state index contributed by atoms with van der Waals surface area (Å²) in [4.78, 5) is 20.3. The molecule has 2 amide bonds. The smallest absolute Gasteiger partial charge is 0.332 e. The maximum Gasteiger partial charge on any atom is 0.332 e. The standard InChI is InChI=1S/C25H22ClN3O2/c1-17-6-5-7-18(16-17)25(31)24(2,3)28(21-12-8-19(26)9-13-21)23(30)29(25)22-14-10-20(27-4)11-15-22/h5-16,31H,1-3H3. The Morgan fingerprint density at radius 1 is 0.935 bits per heavy atom. The number of halogens is 1. The van der Waals surface area contributed by atoms with Crippen molar-refractivity contribution in [3.05, 3.63) is 100 Å². The van der Waals surface area contributed by atoms with Crippen molar-refractivity contribution < 1.29 is 9.90 Å². The third-order valence-corrected chi connectivity index (χ3v) is 6.11. The number of aryl methyl sites for hydroxylation is 1. The molecule has 156 valence electrons. The number of urea groups is 1. The predicted molar refractivity (Wildman–Crippen MR) is 124 cm³/mol. The summed E-state index contributed by atoms with van der Waals surface area (Å²) < 4.78 is 0. The third kappa shape index (κ3) is 3.16. The minimum Gasteiger partial charge on any atom is -0.365 e. The second-order valence-electron chi connectivity index (χ2n) is 8.16. The molecule has 1 unspecified atom stereocenters. The van der Waals surface area contributed by atoms with Gasteiger partial charge in [-0.15, -0.1) is 0 Å². The van der Waals surface area contributed by atoms with E-state index in [9.17, 15) is 9.90 Å². The van der Waals surface area contributed by atoms with Crippen LogP contribution in [0.25, 0.3) is 4.85 Å². The molecule has 1 aliphatic rings. The number of carbonyl (C=O) groups is 1. The van der Waals surface area contributed by atoms with Crippen LogP contribution in [0.2, 0.25) is 5.02 Å². The summed E-state index contributed by atoms with van der Waals surface area (Å²) in [5.74, 6) is 0. The van der Waals surface area contributed by atoms with E-state index < -0.39 is 11.3 Å². The number of aliphatic hydroxyl groups is 1. The quantitative estimate of drug-likeness (QED) is 0.497. The number of hydrogen-bond acceptors (Lipinski definition) is 2. The Hall–Kier alpha value is -3.33. The van der Waals surface area contributed by atoms with Crippen LogP contribution in [0.1, 0.15) is 25.0 Å². The van der Waals surface area contributed by atoms with E-state index in [1.165, 1.54) is 4.90 Å². The molecule has 4 rings (SSSR count). The fourth-order valence-corrected chi connectivity index (χ4v) is 4.37. The number of rotatable bonds is 3. The van der Waals surface area contributed by atoms with E-state index in [0.717, 1.165) is 5.56 Å². The van der Waals surface area contributed by atoms with Crippen molar-refractivity contribution in [2.75, 3.05) is 9.80 Å². The minimum absolute atomic E-state index is 0.369. The van der Waals surface area contributed by atoms with Crippen LogP contribution >= 0.6 is 11.6 Å². The summed E-state index contributed by atoms with van der Waals surface area (Å²) >= 11 is 6.06. The monoisotopic (exact) mass is 431 g/mol. The number of benzene rings is 3. The molecule has 0 spiro atoms. The first-order chi connectivity index (χ1) is 14.7. The molecule has 0 bridgehead atoms. The molecule has 0 saturated carbocycles. The number of carbonyl (C=O) groups excluding carboxylic acids is 1. The second-order valence-corrected chi connectivity index (χ2v) is 8.60. The van der Waals surface area contributed by atoms with Gasteiger partial charge in [0.05, 0.1) is 12.1 Å². The predicted octanol–water partition coefficient (Wildman–Crippen LogP) is 6.27. The van der Waals surface area contributed by atoms with Crippen molar-refractivity contribution in [2.45, 2.75) is 32.0 Å². The molecule has 1 aliphatic heterocycles. The molecule has 5 nitrogen and oxygen atoms in total. The molecule has 3 aromatic carbocycles. The highest BCUT2D eigenvalue weighted by molar-refractivity contribution is 6.30. The van der Waals surface area contributed by atoms with Crippen LogP contribution in [0, 0.1) is 13.5 Å². The Morgan fingerprint density at radius 3 is 2.10 bits per heavy atom. The second kappa shape index (κ2) is 7.42. The van der Waals surface area contributed by atoms with E-state index in [4.69, 9.17) is 18.2 Å². The van der Waals surface area contributed by atoms with Gasteiger partial charge in [-0.1, -0.05) is 53.6 Å². The van der Waals surface area contributed by atoms with Gasteiger partial charge in [0.15, 0.2) is 11.4 Å². The number of nitrogens with zero attached hydrogens (tertiary/aromatic N) is 3. The van der Waals surface area contributed by atoms with E-state index in [1.807, 2.05) is 45.0 Å². The van der Waals surface area contributed by atoms with Gasteiger partial charge in [0.2, 0.25) is 0 Å². The molecule has 1 atom stereocenters. The first-order valence-electron chi connectivity index (χ1n) is 9.87. The van der Waals surface area contributed by atoms with Gasteiger partial charge in [0.1, 0.15) is 0 Å². The molecule has 1 heterocycles. The van der Waals surface area contributed by atoms with E-state index in [0.29, 0.717) is 27.6 Å². The minimum atomic E-state index is -1.67. The highest BCUT2D eigenvalue weighted by atomic mass is 35.5. The summed E-state index contributed by atoms with van der Waals surface area (Å²) in [6.07, 6.45) is 0. The van der Waals surface area contributed by atoms with Crippen molar-refractivity contribution in [1.29, 1.82) is 0 Å². The number of amides is 2. The lowest BCUT2D eigenvalue weighted by molar-refractivity contribution is -0.00251. The van der Waals surface area contributed by atoms with E-state index >= 15 is 0 Å². The molecule has 0 aromatic heterocycles. The third-order valence-electron chi connectivity index (χ3n) is 5.86. The van der Waals surface area contributed by atoms with E-state index in [1.54, 1.807) is 53.4 Å². The van der Waals surface area contributed by atoms with Crippen molar-refractivity contribution in [1.82, 2.24) is 0 Å². The summed E-state index contributed by atoms with van der Waals surface area (Å²) in [6, 6.07) is 20.8. The lowest BCUT2D eigenvalue weighted by atomic mass is 9.83. The molecule has 3 aromatic rings. The topological polar surface area (TPSA) is 48.1 Å². The summed E-state index contributed by atoms with van der Waals surface area (Å²) in [7, 11) is 0. The lowest BCUT2D eigenvalue weighted by Gasteiger charge is -2.43. The first-order valence-corrected chi connectivity index (χ1v) is 10.2. The van der Waals surface area contributed by atoms with Crippen LogP contribution in [-0.4, -0.2) is 16.7 Å². The largest absolute Gasteiger partial charge is 0.365 e. The molecular weight excluding hydrogens is 410 g/mol. The van der Waals surface area contributed by atoms with Crippen LogP contribution in [0.3, 0.4) is 0 Å². The summed E-state index contributed by atoms with van der Waals surface area (Å²) in [5, 5.41) is 12.9. The van der Waals surface area contributed by atoms with Crippen LogP contribution in [0.5, 0.6) is 0 Å². The highest BCUT2D eigenvalue weighted by Crippen LogP contribution is 2.50. The summed E-state index contributed by atoms with van der Waals surface area (Å²) in [5.41, 5.74) is 0.471. The average Bonchev–Trinajstić information content (AvgIpc) is 2.91. The number of anilines is 2. The van der Waals surface area contributed by atoms with Crippen molar-refractivity contribution in [3.63, 3.8) is 0 Å². The van der Waals surface area contributed by atoms with Gasteiger partial charge in [0, 0.05) is 22.0 Å². The van der Waals surface area contributed by atoms with Crippen LogP contribution in [0.4, 0.5) is 21.9 Å². The van der Waals surface area contributed by atoms with Gasteiger partial charge >= 0.3 is 6.03 Å². The molecule has 31 heavy (non-hydrogen) atoms. The zero-order valence-electron chi connectivity index (χ0n) is 17.5. The Balaban J connectivity index is 1.96. The fraction of sp³-hybridized carbons (Fsp3) is 0.200. The Kier molecular flexibility index (Phi) is 5.01. The zero-order valence-corrected chi connectivity index (χ0v) is 18.3. The Labute approximate surface area is 186 Å². The van der Waals surface area contributed by atoms with Gasteiger partial charge in [-0.05, 0) is 57.2 Å². The maximum absolute atomic E-state index is 13.8. The van der Waals surface area contributed by atoms with Crippen molar-refractivity contribution in [3.8, 4) is 0 Å². The van der Waals surface area contributed by atoms with Crippen LogP contribution in [-0.2, 0) is 5.72 Å². The Morgan fingerprint density at radius 2 is 1.52 bits per heavy atom. The normalized spacial score (nSPS) is 20.1. The molecule has 6 heteroatoms. The molecule has 1 fully saturated rings. The molecule has 1 saturated heterocycles. The highest BCUT2D eigenvalue weighted by Gasteiger charge is 2.64. The van der Waals surface area contributed by atoms with E-state index in [2.05, 4.69) is 4.85 Å². The van der Waals surface area contributed by atoms with Crippen molar-refractivity contribution >= 4 is 34.7 Å². The van der Waals surface area contributed by atoms with Crippen LogP contribution < -0.4 is 9.80 Å². The molecule has 0 radical (unpaired) electrons. The zero-order chi connectivity index (χ0) is 22.4. The SMILES string of the molecule is [C-]#[N+]c1ccc(N2C(=O)N(c3ccc(Cl)cc3)C(C)(C)C2(O)c2cccc(C)c2)cc1. The van der Waals surface area contributed by atoms with Crippen LogP contribution in [0.15, 0.2) is 72.8 Å². The maximum atomic E-state index is 13.8. The van der Waals surface area contributed by atoms with Gasteiger partial charge < -0.3 is 5.11 Å². The van der Waals surface area contributed by atoms with E-state index in [-0.39, 0.29) is 6.03 Å². The summed E-state index contributed by atoms with van der Waals surface area (Å²) in [6.45, 7) is 12.8. The van der Waals surface area contributed by atoms with Gasteiger partial charge in [-0.2, -0.15) is 0 Å². The molecule has 0 aliphatic carbocycles. The molecule has 1 N–H and O–H groups in total. The fourth-order valence-electron chi connectivity index (χ4n) is 4.25.